The Kier molecular flexibility index (Phi) is 7.48. The molecule has 0 aliphatic heterocycles. The number of hydrogen-bond donors (Lipinski definition) is 2. The third-order valence-corrected chi connectivity index (χ3v) is 7.63. The number of nitrogens with zero attached hydrogens (tertiary/aromatic N) is 2. The highest BCUT2D eigenvalue weighted by Crippen LogP contribution is 2.35. The van der Waals surface area contributed by atoms with Crippen LogP contribution in [0.25, 0.3) is 10.2 Å². The molecule has 1 aromatic carbocycles. The number of aromatic amines is 1. The molecule has 0 unspecified atom stereocenters. The van der Waals surface area contributed by atoms with Gasteiger partial charge in [0.1, 0.15) is 10.7 Å². The Morgan fingerprint density at radius 3 is 3.00 bits per heavy atom. The number of benzene rings is 1. The molecule has 33 heavy (non-hydrogen) atoms. The number of rotatable bonds is 9. The average Bonchev–Trinajstić information content (AvgIpc) is 3.15. The number of carbonyl (C=O) groups is 1. The van der Waals surface area contributed by atoms with E-state index in [1.54, 1.807) is 11.3 Å². The molecule has 2 N–H and O–H groups in total. The van der Waals surface area contributed by atoms with Gasteiger partial charge < -0.3 is 15.2 Å². The summed E-state index contributed by atoms with van der Waals surface area (Å²) in [5.74, 6) is 1.26. The van der Waals surface area contributed by atoms with E-state index in [9.17, 15) is 9.59 Å². The van der Waals surface area contributed by atoms with E-state index >= 15 is 0 Å². The van der Waals surface area contributed by atoms with E-state index in [1.165, 1.54) is 21.7 Å². The lowest BCUT2D eigenvalue weighted by molar-refractivity contribution is -0.121. The predicted molar refractivity (Wildman–Crippen MR) is 136 cm³/mol. The number of nitrogens with one attached hydrogen (secondary N) is 2. The summed E-state index contributed by atoms with van der Waals surface area (Å²) >= 11 is 1.65. The Balaban J connectivity index is 1.27. The van der Waals surface area contributed by atoms with Crippen LogP contribution >= 0.6 is 11.3 Å². The second-order valence-electron chi connectivity index (χ2n) is 9.17. The Hall–Kier alpha value is -2.67. The fourth-order valence-corrected chi connectivity index (χ4v) is 6.03. The van der Waals surface area contributed by atoms with Crippen LogP contribution in [0, 0.1) is 12.8 Å². The van der Waals surface area contributed by atoms with E-state index in [2.05, 4.69) is 65.2 Å². The number of H-pyrrole nitrogens is 1. The Morgan fingerprint density at radius 1 is 1.36 bits per heavy atom. The monoisotopic (exact) mass is 466 g/mol. The molecule has 1 atom stereocenters. The van der Waals surface area contributed by atoms with Gasteiger partial charge in [-0.1, -0.05) is 19.1 Å². The minimum absolute atomic E-state index is 0.00403. The molecular formula is C26H34N4O2S. The topological polar surface area (TPSA) is 78.1 Å². The van der Waals surface area contributed by atoms with Gasteiger partial charge in [0.15, 0.2) is 0 Å². The van der Waals surface area contributed by atoms with Crippen LogP contribution in [0.4, 0.5) is 5.69 Å². The van der Waals surface area contributed by atoms with Gasteiger partial charge in [-0.05, 0) is 68.7 Å². The number of fused-ring (bicyclic) bond motifs is 3. The number of aryl methyl sites for hydroxylation is 3. The second-order valence-corrected chi connectivity index (χ2v) is 10.3. The zero-order valence-electron chi connectivity index (χ0n) is 19.9. The molecule has 0 fully saturated rings. The molecular weight excluding hydrogens is 432 g/mol. The lowest BCUT2D eigenvalue weighted by Gasteiger charge is -2.23. The molecule has 3 aromatic rings. The maximum absolute atomic E-state index is 12.7. The van der Waals surface area contributed by atoms with Crippen molar-refractivity contribution in [2.45, 2.75) is 59.3 Å². The van der Waals surface area contributed by atoms with Crippen LogP contribution in [0.3, 0.4) is 0 Å². The van der Waals surface area contributed by atoms with Crippen LogP contribution in [0.15, 0.2) is 29.1 Å². The minimum atomic E-state index is -0.0572. The number of carbonyl (C=O) groups excluding carboxylic acids is 1. The molecule has 6 nitrogen and oxygen atoms in total. The summed E-state index contributed by atoms with van der Waals surface area (Å²) in [6.45, 7) is 8.98. The van der Waals surface area contributed by atoms with Gasteiger partial charge in [-0.3, -0.25) is 9.59 Å². The number of hydrogen-bond acceptors (Lipinski definition) is 5. The summed E-state index contributed by atoms with van der Waals surface area (Å²) in [7, 11) is 0. The smallest absolute Gasteiger partial charge is 0.259 e. The van der Waals surface area contributed by atoms with E-state index in [4.69, 9.17) is 0 Å². The highest BCUT2D eigenvalue weighted by Gasteiger charge is 2.23. The van der Waals surface area contributed by atoms with Crippen molar-refractivity contribution >= 4 is 33.1 Å². The van der Waals surface area contributed by atoms with E-state index < -0.39 is 0 Å². The Morgan fingerprint density at radius 2 is 2.21 bits per heavy atom. The zero-order valence-corrected chi connectivity index (χ0v) is 20.7. The molecule has 1 aliphatic carbocycles. The summed E-state index contributed by atoms with van der Waals surface area (Å²) in [6, 6.07) is 8.50. The highest BCUT2D eigenvalue weighted by atomic mass is 32.1. The molecule has 176 valence electrons. The third kappa shape index (κ3) is 5.64. The molecule has 0 bridgehead atoms. The summed E-state index contributed by atoms with van der Waals surface area (Å²) < 4.78 is 0. The van der Waals surface area contributed by atoms with Crippen molar-refractivity contribution in [3.05, 3.63) is 56.4 Å². The van der Waals surface area contributed by atoms with Crippen LogP contribution in [0.1, 0.15) is 54.9 Å². The average molecular weight is 467 g/mol. The fourth-order valence-electron chi connectivity index (χ4n) is 4.62. The first-order chi connectivity index (χ1) is 15.9. The largest absolute Gasteiger partial charge is 0.372 e. The maximum atomic E-state index is 12.7. The molecule has 4 rings (SSSR count). The Labute approximate surface area is 199 Å². The standard InChI is InChI=1S/C26H34N4O2S/c1-4-30(19-8-5-7-17(2)15-19)14-6-13-27-23(31)12-11-22-28-25(32)24-20-10-9-18(3)16-21(20)33-26(24)29-22/h5,7-8,15,18H,4,6,9-14,16H2,1-3H3,(H,27,31)(H,28,29,32)/t18-/m1/s1. The van der Waals surface area contributed by atoms with E-state index in [0.717, 1.165) is 49.0 Å². The molecule has 2 heterocycles. The van der Waals surface area contributed by atoms with Crippen molar-refractivity contribution in [1.29, 1.82) is 0 Å². The molecule has 0 saturated heterocycles. The van der Waals surface area contributed by atoms with Gasteiger partial charge in [0.05, 0.1) is 5.39 Å². The molecule has 7 heteroatoms. The first-order valence-corrected chi connectivity index (χ1v) is 12.9. The van der Waals surface area contributed by atoms with Crippen LogP contribution < -0.4 is 15.8 Å². The molecule has 1 amide bonds. The summed E-state index contributed by atoms with van der Waals surface area (Å²) in [6.07, 6.45) is 4.77. The van der Waals surface area contributed by atoms with Crippen LogP contribution in [-0.2, 0) is 24.1 Å². The van der Waals surface area contributed by atoms with E-state index in [1.807, 2.05) is 0 Å². The van der Waals surface area contributed by atoms with Crippen molar-refractivity contribution in [2.75, 3.05) is 24.5 Å². The lowest BCUT2D eigenvalue weighted by Crippen LogP contribution is -2.30. The summed E-state index contributed by atoms with van der Waals surface area (Å²) in [5.41, 5.74) is 3.61. The van der Waals surface area contributed by atoms with Crippen LogP contribution in [-0.4, -0.2) is 35.5 Å². The Bertz CT molecular complexity index is 1180. The van der Waals surface area contributed by atoms with Gasteiger partial charge in [0, 0.05) is 43.0 Å². The molecule has 0 saturated carbocycles. The van der Waals surface area contributed by atoms with Gasteiger partial charge in [0.25, 0.3) is 5.56 Å². The SMILES string of the molecule is CCN(CCCNC(=O)CCc1nc2sc3c(c2c(=O)[nH]1)CC[C@@H](C)C3)c1cccc(C)c1. The van der Waals surface area contributed by atoms with E-state index in [0.29, 0.717) is 31.1 Å². The van der Waals surface area contributed by atoms with Gasteiger partial charge in [-0.2, -0.15) is 0 Å². The molecule has 0 spiro atoms. The fraction of sp³-hybridized carbons (Fsp3) is 0.500. The van der Waals surface area contributed by atoms with Crippen molar-refractivity contribution in [2.24, 2.45) is 5.92 Å². The number of anilines is 1. The van der Waals surface area contributed by atoms with Gasteiger partial charge >= 0.3 is 0 Å². The minimum Gasteiger partial charge on any atom is -0.372 e. The second kappa shape index (κ2) is 10.5. The van der Waals surface area contributed by atoms with Gasteiger partial charge in [0.2, 0.25) is 5.91 Å². The first kappa shape index (κ1) is 23.5. The molecule has 1 aliphatic rings. The normalized spacial score (nSPS) is 15.4. The number of aromatic nitrogens is 2. The predicted octanol–water partition coefficient (Wildman–Crippen LogP) is 4.38. The van der Waals surface area contributed by atoms with Crippen LogP contribution in [0.2, 0.25) is 0 Å². The summed E-state index contributed by atoms with van der Waals surface area (Å²) in [5, 5.41) is 3.78. The number of amides is 1. The molecule has 0 radical (unpaired) electrons. The van der Waals surface area contributed by atoms with Crippen molar-refractivity contribution in [3.8, 4) is 0 Å². The number of thiophene rings is 1. The van der Waals surface area contributed by atoms with Crippen LogP contribution in [0.5, 0.6) is 0 Å². The lowest BCUT2D eigenvalue weighted by atomic mass is 9.89. The van der Waals surface area contributed by atoms with Gasteiger partial charge in [-0.15, -0.1) is 11.3 Å². The van der Waals surface area contributed by atoms with Crippen molar-refractivity contribution < 1.29 is 4.79 Å². The first-order valence-electron chi connectivity index (χ1n) is 12.1. The quantitative estimate of drug-likeness (QED) is 0.459. The maximum Gasteiger partial charge on any atom is 0.259 e. The van der Waals surface area contributed by atoms with Crippen molar-refractivity contribution in [1.82, 2.24) is 15.3 Å². The van der Waals surface area contributed by atoms with E-state index in [-0.39, 0.29) is 11.5 Å². The third-order valence-electron chi connectivity index (χ3n) is 6.48. The zero-order chi connectivity index (χ0) is 23.4. The van der Waals surface area contributed by atoms with Crippen molar-refractivity contribution in [3.63, 3.8) is 0 Å². The summed E-state index contributed by atoms with van der Waals surface area (Å²) in [4.78, 5) is 37.1. The highest BCUT2D eigenvalue weighted by molar-refractivity contribution is 7.18. The van der Waals surface area contributed by atoms with Gasteiger partial charge in [-0.25, -0.2) is 4.98 Å². The molecule has 2 aromatic heterocycles.